The smallest absolute Gasteiger partial charge is 0.418 e. The number of fused-ring (bicyclic) bond motifs is 1. The quantitative estimate of drug-likeness (QED) is 0.230. The molecular formula is C33H35ClF4N8O3. The van der Waals surface area contributed by atoms with E-state index in [1.54, 1.807) is 12.3 Å². The van der Waals surface area contributed by atoms with Gasteiger partial charge in [0.2, 0.25) is 0 Å². The predicted octanol–water partition coefficient (Wildman–Crippen LogP) is 5.96. The number of halogens is 5. The molecule has 7 rings (SSSR count). The van der Waals surface area contributed by atoms with Crippen LogP contribution in [0.4, 0.5) is 35.0 Å². The monoisotopic (exact) mass is 702 g/mol. The lowest BCUT2D eigenvalue weighted by molar-refractivity contribution is -0.137. The van der Waals surface area contributed by atoms with Crippen molar-refractivity contribution in [1.29, 1.82) is 0 Å². The van der Waals surface area contributed by atoms with Crippen molar-refractivity contribution in [3.05, 3.63) is 51.9 Å². The molecule has 4 N–H and O–H groups in total. The number of ether oxygens (including phenoxy) is 3. The number of nitrogen functional groups attached to an aromatic ring is 2. The number of nitrogens with zero attached hydrogens (tertiary/aromatic N) is 6. The van der Waals surface area contributed by atoms with Crippen LogP contribution in [0.15, 0.2) is 24.4 Å². The topological polar surface area (TPSA) is 138 Å². The molecule has 0 radical (unpaired) electrons. The van der Waals surface area contributed by atoms with Gasteiger partial charge >= 0.3 is 12.2 Å². The number of rotatable bonds is 6. The molecule has 11 nitrogen and oxygen atoms in total. The van der Waals surface area contributed by atoms with Crippen molar-refractivity contribution in [3.63, 3.8) is 0 Å². The highest BCUT2D eigenvalue weighted by atomic mass is 35.5. The van der Waals surface area contributed by atoms with Gasteiger partial charge in [-0.2, -0.15) is 23.1 Å². The number of hydrogen-bond acceptors (Lipinski definition) is 11. The van der Waals surface area contributed by atoms with Crippen LogP contribution >= 0.6 is 11.6 Å². The van der Waals surface area contributed by atoms with Gasteiger partial charge in [-0.25, -0.2) is 14.4 Å². The summed E-state index contributed by atoms with van der Waals surface area (Å²) in [4.78, 5) is 21.6. The molecule has 0 saturated carbocycles. The fraction of sp³-hybridized carbons (Fsp3) is 0.455. The second-order valence-electron chi connectivity index (χ2n) is 12.5. The van der Waals surface area contributed by atoms with Gasteiger partial charge in [0.1, 0.15) is 36.2 Å². The molecular weight excluding hydrogens is 668 g/mol. The molecule has 6 heterocycles. The van der Waals surface area contributed by atoms with E-state index >= 15 is 4.39 Å². The van der Waals surface area contributed by atoms with E-state index in [9.17, 15) is 13.2 Å². The summed E-state index contributed by atoms with van der Waals surface area (Å²) < 4.78 is 78.4. The third-order valence-corrected chi connectivity index (χ3v) is 9.89. The summed E-state index contributed by atoms with van der Waals surface area (Å²) in [7, 11) is 0. The number of alkyl halides is 3. The Morgan fingerprint density at radius 2 is 1.96 bits per heavy atom. The largest absolute Gasteiger partial charge is 0.489 e. The Hall–Kier alpha value is -4.21. The predicted molar refractivity (Wildman–Crippen MR) is 176 cm³/mol. The van der Waals surface area contributed by atoms with Crippen LogP contribution in [0, 0.1) is 12.7 Å². The van der Waals surface area contributed by atoms with Crippen LogP contribution < -0.4 is 25.8 Å². The van der Waals surface area contributed by atoms with Gasteiger partial charge < -0.3 is 30.6 Å². The maximum Gasteiger partial charge on any atom is 0.418 e. The summed E-state index contributed by atoms with van der Waals surface area (Å²) in [6.45, 7) is 5.76. The maximum absolute atomic E-state index is 17.0. The molecule has 3 aliphatic heterocycles. The Bertz CT molecular complexity index is 1920. The van der Waals surface area contributed by atoms with Gasteiger partial charge in [0.05, 0.1) is 46.4 Å². The fourth-order valence-electron chi connectivity index (χ4n) is 7.24. The zero-order chi connectivity index (χ0) is 34.6. The molecule has 0 unspecified atom stereocenters. The van der Waals surface area contributed by atoms with Gasteiger partial charge in [-0.3, -0.25) is 4.90 Å². The van der Waals surface area contributed by atoms with Gasteiger partial charge in [0, 0.05) is 37.0 Å². The number of anilines is 3. The third kappa shape index (κ3) is 6.01. The summed E-state index contributed by atoms with van der Waals surface area (Å²) >= 11 is 6.80. The minimum atomic E-state index is -4.90. The van der Waals surface area contributed by atoms with Crippen LogP contribution in [-0.4, -0.2) is 76.4 Å². The van der Waals surface area contributed by atoms with Gasteiger partial charge in [-0.1, -0.05) is 17.7 Å². The van der Waals surface area contributed by atoms with E-state index in [0.29, 0.717) is 24.6 Å². The minimum absolute atomic E-state index is 0.0208. The second kappa shape index (κ2) is 12.9. The number of pyridine rings is 2. The van der Waals surface area contributed by atoms with Crippen molar-refractivity contribution in [2.24, 2.45) is 0 Å². The number of hydrogen-bond donors (Lipinski definition) is 2. The lowest BCUT2D eigenvalue weighted by Gasteiger charge is -2.30. The summed E-state index contributed by atoms with van der Waals surface area (Å²) in [5.41, 5.74) is 9.66. The standard InChI is InChI=1S/C33H35ClF4N8O3/c1-16-13-21(39)42-27(24(16)33(36,37)38)22-25(34)29-23-28(26(22)35)43-32(49-15-19-7-6-18-14-47-11-4-9-46(18)19)44-31(23)45(10-12-48-29)17(2)20-5-3-8-41-30(20)40/h3,5,8,13,17-19H,4,6-7,9-12,14-15H2,1-2H3,(H2,39,42)(H2,40,41)/t17-,18+,19+/m1/s1. The molecule has 49 heavy (non-hydrogen) atoms. The van der Waals surface area contributed by atoms with Crippen molar-refractivity contribution < 1.29 is 31.8 Å². The number of aromatic nitrogens is 4. The highest BCUT2D eigenvalue weighted by molar-refractivity contribution is 6.36. The number of benzene rings is 1. The SMILES string of the molecule is Cc1cc(N)nc(-c2c(Cl)c3c4c(nc(OC[C@@H]5CC[C@H]6COCCCN65)nc4c2F)N([C@H](C)c2cccnc2N)CCO3)c1C(F)(F)F. The summed E-state index contributed by atoms with van der Waals surface area (Å²) in [5, 5.41) is -0.340. The Morgan fingerprint density at radius 1 is 1.14 bits per heavy atom. The van der Waals surface area contributed by atoms with Crippen LogP contribution in [0.5, 0.6) is 11.8 Å². The Kier molecular flexibility index (Phi) is 8.78. The Balaban J connectivity index is 1.41. The van der Waals surface area contributed by atoms with Crippen molar-refractivity contribution in [2.75, 3.05) is 55.9 Å². The number of nitrogens with two attached hydrogens (primary N) is 2. The van der Waals surface area contributed by atoms with E-state index in [2.05, 4.69) is 19.9 Å². The van der Waals surface area contributed by atoms with Crippen LogP contribution in [0.2, 0.25) is 5.02 Å². The average molecular weight is 703 g/mol. The van der Waals surface area contributed by atoms with Crippen molar-refractivity contribution >= 4 is 40.0 Å². The van der Waals surface area contributed by atoms with Crippen LogP contribution in [-0.2, 0) is 10.9 Å². The van der Waals surface area contributed by atoms with Gasteiger partial charge in [-0.05, 0) is 50.8 Å². The molecule has 0 amide bonds. The molecule has 3 atom stereocenters. The Labute approximate surface area is 284 Å². The number of aryl methyl sites for hydroxylation is 1. The molecule has 0 spiro atoms. The molecule has 0 bridgehead atoms. The second-order valence-corrected chi connectivity index (χ2v) is 12.9. The Morgan fingerprint density at radius 3 is 2.73 bits per heavy atom. The highest BCUT2D eigenvalue weighted by Crippen LogP contribution is 2.51. The first-order valence-corrected chi connectivity index (χ1v) is 16.4. The van der Waals surface area contributed by atoms with Crippen LogP contribution in [0.3, 0.4) is 0 Å². The molecule has 3 aliphatic rings. The van der Waals surface area contributed by atoms with E-state index in [1.807, 2.05) is 17.9 Å². The van der Waals surface area contributed by atoms with E-state index < -0.39 is 39.9 Å². The van der Waals surface area contributed by atoms with Gasteiger partial charge in [-0.15, -0.1) is 0 Å². The normalized spacial score (nSPS) is 20.4. The molecule has 2 saturated heterocycles. The molecule has 0 aliphatic carbocycles. The van der Waals surface area contributed by atoms with E-state index in [0.717, 1.165) is 31.9 Å². The molecule has 1 aromatic carbocycles. The van der Waals surface area contributed by atoms with Crippen LogP contribution in [0.25, 0.3) is 22.2 Å². The highest BCUT2D eigenvalue weighted by Gasteiger charge is 2.41. The zero-order valence-electron chi connectivity index (χ0n) is 26.9. The summed E-state index contributed by atoms with van der Waals surface area (Å²) in [6.07, 6.45) is -0.629. The molecule has 260 valence electrons. The first-order chi connectivity index (χ1) is 23.4. The third-order valence-electron chi connectivity index (χ3n) is 9.53. The van der Waals surface area contributed by atoms with Gasteiger partial charge in [0.15, 0.2) is 11.6 Å². The first kappa shape index (κ1) is 33.3. The summed E-state index contributed by atoms with van der Waals surface area (Å²) in [6, 6.07) is 4.37. The van der Waals surface area contributed by atoms with Gasteiger partial charge in [0.25, 0.3) is 0 Å². The summed E-state index contributed by atoms with van der Waals surface area (Å²) in [5.74, 6) is -0.956. The fourth-order valence-corrected chi connectivity index (χ4v) is 7.57. The van der Waals surface area contributed by atoms with Crippen molar-refractivity contribution in [3.8, 4) is 23.0 Å². The minimum Gasteiger partial charge on any atom is -0.489 e. The first-order valence-electron chi connectivity index (χ1n) is 16.1. The van der Waals surface area contributed by atoms with E-state index in [1.165, 1.54) is 6.92 Å². The molecule has 3 aromatic heterocycles. The van der Waals surface area contributed by atoms with E-state index in [4.69, 9.17) is 42.3 Å². The lowest BCUT2D eigenvalue weighted by Crippen LogP contribution is -2.40. The molecule has 2 fully saturated rings. The van der Waals surface area contributed by atoms with Crippen molar-refractivity contribution in [2.45, 2.75) is 57.4 Å². The average Bonchev–Trinajstić information content (AvgIpc) is 3.18. The van der Waals surface area contributed by atoms with Crippen molar-refractivity contribution in [1.82, 2.24) is 24.8 Å². The zero-order valence-corrected chi connectivity index (χ0v) is 27.6. The maximum atomic E-state index is 17.0. The van der Waals surface area contributed by atoms with E-state index in [-0.39, 0.29) is 71.7 Å². The molecule has 16 heteroatoms. The lowest BCUT2D eigenvalue weighted by atomic mass is 9.98. The van der Waals surface area contributed by atoms with Crippen LogP contribution in [0.1, 0.15) is 48.9 Å². The molecule has 4 aromatic rings.